The van der Waals surface area contributed by atoms with Crippen LogP contribution in [0, 0.1) is 0 Å². The summed E-state index contributed by atoms with van der Waals surface area (Å²) in [5, 5.41) is 12.9. The van der Waals surface area contributed by atoms with E-state index in [9.17, 15) is 9.59 Å². The van der Waals surface area contributed by atoms with Crippen LogP contribution in [0.2, 0.25) is 0 Å². The molecule has 8 nitrogen and oxygen atoms in total. The van der Waals surface area contributed by atoms with Crippen LogP contribution >= 0.6 is 0 Å². The summed E-state index contributed by atoms with van der Waals surface area (Å²) in [7, 11) is 0. The van der Waals surface area contributed by atoms with Crippen molar-refractivity contribution in [3.8, 4) is 0 Å². The molecule has 2 atom stereocenters. The molecule has 144 valence electrons. The minimum Gasteiger partial charge on any atom is -0.447 e. The average Bonchev–Trinajstić information content (AvgIpc) is 3.24. The van der Waals surface area contributed by atoms with Crippen molar-refractivity contribution >= 4 is 17.8 Å². The molecule has 3 N–H and O–H groups in total. The van der Waals surface area contributed by atoms with Crippen LogP contribution in [-0.2, 0) is 16.0 Å². The van der Waals surface area contributed by atoms with Crippen LogP contribution in [0.1, 0.15) is 50.4 Å². The van der Waals surface area contributed by atoms with E-state index in [1.807, 2.05) is 38.1 Å². The fourth-order valence-electron chi connectivity index (χ4n) is 3.27. The molecule has 2 amide bonds. The fraction of sp³-hybridized carbons (Fsp3) is 0.474. The molecule has 0 unspecified atom stereocenters. The maximum Gasteiger partial charge on any atom is 0.407 e. The third kappa shape index (κ3) is 5.54. The molecule has 0 radical (unpaired) electrons. The zero-order valence-corrected chi connectivity index (χ0v) is 15.6. The third-order valence-corrected chi connectivity index (χ3v) is 4.47. The number of nitrogens with one attached hydrogen (secondary N) is 3. The van der Waals surface area contributed by atoms with Gasteiger partial charge in [0.2, 0.25) is 5.91 Å². The molecular formula is C19H25N5O3. The topological polar surface area (TPSA) is 109 Å². The Morgan fingerprint density at radius 3 is 2.93 bits per heavy atom. The number of hydrogen-bond acceptors (Lipinski definition) is 5. The molecule has 0 saturated heterocycles. The summed E-state index contributed by atoms with van der Waals surface area (Å²) < 4.78 is 5.13. The summed E-state index contributed by atoms with van der Waals surface area (Å²) in [4.78, 5) is 28.0. The Morgan fingerprint density at radius 2 is 2.19 bits per heavy atom. The molecule has 1 fully saturated rings. The van der Waals surface area contributed by atoms with E-state index >= 15 is 0 Å². The molecule has 0 aromatic carbocycles. The molecular weight excluding hydrogens is 346 g/mol. The second kappa shape index (κ2) is 8.66. The highest BCUT2D eigenvalue weighted by Gasteiger charge is 2.29. The highest BCUT2D eigenvalue weighted by atomic mass is 16.6. The Balaban J connectivity index is 1.49. The van der Waals surface area contributed by atoms with Crippen molar-refractivity contribution in [3.05, 3.63) is 41.9 Å². The van der Waals surface area contributed by atoms with Crippen LogP contribution in [0.15, 0.2) is 30.5 Å². The van der Waals surface area contributed by atoms with Gasteiger partial charge in [0, 0.05) is 35.6 Å². The van der Waals surface area contributed by atoms with E-state index in [1.165, 1.54) is 0 Å². The van der Waals surface area contributed by atoms with Crippen LogP contribution in [0.5, 0.6) is 0 Å². The third-order valence-electron chi connectivity index (χ3n) is 4.47. The van der Waals surface area contributed by atoms with Gasteiger partial charge in [-0.25, -0.2) is 4.79 Å². The van der Waals surface area contributed by atoms with Gasteiger partial charge in [-0.05, 0) is 45.2 Å². The number of alkyl carbamates (subject to hydrolysis) is 1. The zero-order chi connectivity index (χ0) is 19.2. The van der Waals surface area contributed by atoms with Crippen molar-refractivity contribution in [1.29, 1.82) is 0 Å². The monoisotopic (exact) mass is 371 g/mol. The van der Waals surface area contributed by atoms with Crippen LogP contribution in [0.3, 0.4) is 0 Å². The molecule has 8 heteroatoms. The van der Waals surface area contributed by atoms with Crippen molar-refractivity contribution in [2.75, 3.05) is 5.32 Å². The first-order valence-corrected chi connectivity index (χ1v) is 9.22. The van der Waals surface area contributed by atoms with Crippen molar-refractivity contribution in [2.24, 2.45) is 0 Å². The summed E-state index contributed by atoms with van der Waals surface area (Å²) in [6, 6.07) is 7.42. The number of rotatable bonds is 6. The number of carbonyl (C=O) groups is 2. The molecule has 1 aliphatic carbocycles. The standard InChI is InChI=1S/C19H25N5O3/c1-12(2)27-19(26)21-15-7-6-13(9-15)16-11-17(24-23-16)22-18(25)10-14-5-3-4-8-20-14/h3-5,8,11-13,15H,6-7,9-10H2,1-2H3,(H,21,26)(H2,22,23,24,25)/t13-,15+/m1/s1. The lowest BCUT2D eigenvalue weighted by Crippen LogP contribution is -2.34. The molecule has 2 heterocycles. The van der Waals surface area contributed by atoms with E-state index < -0.39 is 0 Å². The lowest BCUT2D eigenvalue weighted by Gasteiger charge is -2.14. The summed E-state index contributed by atoms with van der Waals surface area (Å²) in [5.41, 5.74) is 1.67. The Morgan fingerprint density at radius 1 is 1.33 bits per heavy atom. The van der Waals surface area contributed by atoms with Gasteiger partial charge in [-0.1, -0.05) is 6.07 Å². The second-order valence-corrected chi connectivity index (χ2v) is 7.06. The maximum atomic E-state index is 12.1. The number of aromatic amines is 1. The summed E-state index contributed by atoms with van der Waals surface area (Å²) in [6.45, 7) is 3.65. The first kappa shape index (κ1) is 18.9. The highest BCUT2D eigenvalue weighted by molar-refractivity contribution is 5.91. The Hall–Kier alpha value is -2.90. The van der Waals surface area contributed by atoms with Crippen LogP contribution in [0.4, 0.5) is 10.6 Å². The number of ether oxygens (including phenoxy) is 1. The number of carbonyl (C=O) groups excluding carboxylic acids is 2. The number of hydrogen-bond donors (Lipinski definition) is 3. The molecule has 2 aromatic rings. The number of amides is 2. The summed E-state index contributed by atoms with van der Waals surface area (Å²) in [6.07, 6.45) is 4.01. The number of aromatic nitrogens is 3. The van der Waals surface area contributed by atoms with Gasteiger partial charge in [-0.15, -0.1) is 0 Å². The number of nitrogens with zero attached hydrogens (tertiary/aromatic N) is 2. The number of anilines is 1. The predicted octanol–water partition coefficient (Wildman–Crippen LogP) is 2.76. The number of pyridine rings is 1. The van der Waals surface area contributed by atoms with Crippen molar-refractivity contribution in [1.82, 2.24) is 20.5 Å². The van der Waals surface area contributed by atoms with E-state index in [-0.39, 0.29) is 36.5 Å². The van der Waals surface area contributed by atoms with Crippen molar-refractivity contribution < 1.29 is 14.3 Å². The first-order chi connectivity index (χ1) is 13.0. The Kier molecular flexibility index (Phi) is 6.05. The molecule has 1 saturated carbocycles. The highest BCUT2D eigenvalue weighted by Crippen LogP contribution is 2.34. The van der Waals surface area contributed by atoms with Crippen molar-refractivity contribution in [2.45, 2.75) is 57.6 Å². The summed E-state index contributed by atoms with van der Waals surface area (Å²) in [5.74, 6) is 0.610. The van der Waals surface area contributed by atoms with Crippen LogP contribution < -0.4 is 10.6 Å². The van der Waals surface area contributed by atoms with E-state index in [0.29, 0.717) is 11.5 Å². The minimum atomic E-state index is -0.372. The van der Waals surface area contributed by atoms with Gasteiger partial charge in [-0.3, -0.25) is 14.9 Å². The number of H-pyrrole nitrogens is 1. The molecule has 0 spiro atoms. The lowest BCUT2D eigenvalue weighted by atomic mass is 10.0. The van der Waals surface area contributed by atoms with E-state index in [2.05, 4.69) is 25.8 Å². The fourth-order valence-corrected chi connectivity index (χ4v) is 3.27. The van der Waals surface area contributed by atoms with Crippen LogP contribution in [0.25, 0.3) is 0 Å². The van der Waals surface area contributed by atoms with E-state index in [4.69, 9.17) is 4.74 Å². The van der Waals surface area contributed by atoms with Gasteiger partial charge < -0.3 is 15.4 Å². The molecule has 2 aromatic heterocycles. The first-order valence-electron chi connectivity index (χ1n) is 9.22. The van der Waals surface area contributed by atoms with Crippen molar-refractivity contribution in [3.63, 3.8) is 0 Å². The molecule has 3 rings (SSSR count). The largest absolute Gasteiger partial charge is 0.447 e. The van der Waals surface area contributed by atoms with Gasteiger partial charge in [0.05, 0.1) is 12.5 Å². The van der Waals surface area contributed by atoms with E-state index in [0.717, 1.165) is 25.0 Å². The molecule has 1 aliphatic rings. The SMILES string of the molecule is CC(C)OC(=O)N[C@H]1CC[C@@H](c2cc(NC(=O)Cc3ccccn3)n[nH]2)C1. The van der Waals surface area contributed by atoms with Gasteiger partial charge in [0.1, 0.15) is 0 Å². The quantitative estimate of drug-likeness (QED) is 0.723. The van der Waals surface area contributed by atoms with Crippen LogP contribution in [-0.4, -0.2) is 39.3 Å². The average molecular weight is 371 g/mol. The zero-order valence-electron chi connectivity index (χ0n) is 15.6. The molecule has 0 bridgehead atoms. The summed E-state index contributed by atoms with van der Waals surface area (Å²) >= 11 is 0. The smallest absolute Gasteiger partial charge is 0.407 e. The normalized spacial score (nSPS) is 19.1. The Bertz CT molecular complexity index is 775. The second-order valence-electron chi connectivity index (χ2n) is 7.06. The van der Waals surface area contributed by atoms with Gasteiger partial charge in [0.25, 0.3) is 0 Å². The lowest BCUT2D eigenvalue weighted by molar-refractivity contribution is -0.115. The molecule has 27 heavy (non-hydrogen) atoms. The predicted molar refractivity (Wildman–Crippen MR) is 100 cm³/mol. The van der Waals surface area contributed by atoms with E-state index in [1.54, 1.807) is 6.20 Å². The van der Waals surface area contributed by atoms with Gasteiger partial charge in [-0.2, -0.15) is 5.10 Å². The van der Waals surface area contributed by atoms with Gasteiger partial charge >= 0.3 is 6.09 Å². The molecule has 0 aliphatic heterocycles. The maximum absolute atomic E-state index is 12.1. The Labute approximate surface area is 158 Å². The van der Waals surface area contributed by atoms with Gasteiger partial charge in [0.15, 0.2) is 5.82 Å². The minimum absolute atomic E-state index is 0.0896.